The van der Waals surface area contributed by atoms with Crippen LogP contribution in [0.3, 0.4) is 0 Å². The first-order valence-corrected chi connectivity index (χ1v) is 6.88. The fourth-order valence-corrected chi connectivity index (χ4v) is 2.24. The van der Waals surface area contributed by atoms with E-state index in [-0.39, 0.29) is 23.9 Å². The van der Waals surface area contributed by atoms with E-state index >= 15 is 0 Å². The van der Waals surface area contributed by atoms with Crippen LogP contribution < -0.4 is 10.6 Å². The van der Waals surface area contributed by atoms with Crippen LogP contribution in [0.4, 0.5) is 0 Å². The molecule has 5 nitrogen and oxygen atoms in total. The minimum atomic E-state index is -0.339. The number of carbonyl (C=O) groups is 2. The molecule has 18 heavy (non-hydrogen) atoms. The van der Waals surface area contributed by atoms with Gasteiger partial charge in [0.1, 0.15) is 0 Å². The van der Waals surface area contributed by atoms with Gasteiger partial charge in [-0.15, -0.1) is 0 Å². The molecule has 0 spiro atoms. The largest absolute Gasteiger partial charge is 0.355 e. The Morgan fingerprint density at radius 1 is 1.11 bits per heavy atom. The summed E-state index contributed by atoms with van der Waals surface area (Å²) in [5, 5.41) is 5.80. The minimum Gasteiger partial charge on any atom is -0.355 e. The van der Waals surface area contributed by atoms with E-state index in [1.807, 2.05) is 18.7 Å². The number of nitrogens with one attached hydrogen (secondary N) is 2. The fraction of sp³-hybridized carbons (Fsp3) is 0.846. The minimum absolute atomic E-state index is 0.0594. The lowest BCUT2D eigenvalue weighted by Crippen LogP contribution is -2.52. The van der Waals surface area contributed by atoms with Crippen LogP contribution in [0.25, 0.3) is 0 Å². The molecule has 1 saturated heterocycles. The van der Waals surface area contributed by atoms with Crippen molar-refractivity contribution < 1.29 is 9.59 Å². The molecule has 0 saturated carbocycles. The molecular formula is C13H25N3O2. The molecule has 1 rings (SSSR count). The van der Waals surface area contributed by atoms with Gasteiger partial charge >= 0.3 is 0 Å². The Morgan fingerprint density at radius 3 is 2.28 bits per heavy atom. The van der Waals surface area contributed by atoms with E-state index < -0.39 is 0 Å². The first-order chi connectivity index (χ1) is 8.56. The number of rotatable bonds is 5. The zero-order valence-electron chi connectivity index (χ0n) is 11.7. The van der Waals surface area contributed by atoms with Gasteiger partial charge in [0.15, 0.2) is 0 Å². The van der Waals surface area contributed by atoms with Gasteiger partial charge in [-0.2, -0.15) is 0 Å². The Bertz CT molecular complexity index is 288. The van der Waals surface area contributed by atoms with Gasteiger partial charge in [0.2, 0.25) is 11.8 Å². The highest BCUT2D eigenvalue weighted by Gasteiger charge is 2.24. The van der Waals surface area contributed by atoms with Crippen LogP contribution in [-0.2, 0) is 9.59 Å². The van der Waals surface area contributed by atoms with Gasteiger partial charge in [0.05, 0.1) is 12.1 Å². The van der Waals surface area contributed by atoms with Crippen molar-refractivity contribution in [2.24, 2.45) is 0 Å². The van der Waals surface area contributed by atoms with E-state index in [9.17, 15) is 9.59 Å². The van der Waals surface area contributed by atoms with Crippen molar-refractivity contribution in [1.82, 2.24) is 15.5 Å². The molecule has 2 unspecified atom stereocenters. The lowest BCUT2D eigenvalue weighted by atomic mass is 10.1. The number of carbonyl (C=O) groups excluding carboxylic acids is 2. The maximum Gasteiger partial charge on any atom is 0.239 e. The molecule has 0 aliphatic carbocycles. The third-order valence-electron chi connectivity index (χ3n) is 3.28. The lowest BCUT2D eigenvalue weighted by molar-refractivity contribution is -0.134. The molecule has 1 heterocycles. The number of piperidine rings is 1. The third kappa shape index (κ3) is 4.29. The maximum atomic E-state index is 12.1. The fourth-order valence-electron chi connectivity index (χ4n) is 2.24. The normalized spacial score (nSPS) is 19.2. The summed E-state index contributed by atoms with van der Waals surface area (Å²) < 4.78 is 0. The van der Waals surface area contributed by atoms with Gasteiger partial charge in [-0.05, 0) is 40.0 Å². The second-order valence-electron chi connectivity index (χ2n) is 4.89. The Balaban J connectivity index is 2.40. The van der Waals surface area contributed by atoms with Crippen LogP contribution in [0.2, 0.25) is 0 Å². The molecule has 5 heteroatoms. The van der Waals surface area contributed by atoms with Gasteiger partial charge in [0.25, 0.3) is 0 Å². The highest BCUT2D eigenvalue weighted by atomic mass is 16.2. The van der Waals surface area contributed by atoms with Gasteiger partial charge < -0.3 is 10.2 Å². The zero-order chi connectivity index (χ0) is 13.5. The van der Waals surface area contributed by atoms with E-state index in [1.54, 1.807) is 6.92 Å². The van der Waals surface area contributed by atoms with Crippen molar-refractivity contribution in [3.8, 4) is 0 Å². The predicted octanol–water partition coefficient (Wildman–Crippen LogP) is 0.502. The van der Waals surface area contributed by atoms with Crippen LogP contribution in [0.15, 0.2) is 0 Å². The van der Waals surface area contributed by atoms with Gasteiger partial charge in [-0.1, -0.05) is 0 Å². The topological polar surface area (TPSA) is 61.4 Å². The summed E-state index contributed by atoms with van der Waals surface area (Å²) in [4.78, 5) is 25.6. The maximum absolute atomic E-state index is 12.1. The van der Waals surface area contributed by atoms with Crippen molar-refractivity contribution in [3.05, 3.63) is 0 Å². The molecule has 2 atom stereocenters. The van der Waals surface area contributed by atoms with Crippen LogP contribution >= 0.6 is 0 Å². The van der Waals surface area contributed by atoms with E-state index in [2.05, 4.69) is 10.6 Å². The number of likely N-dealkylation sites (N-methyl/N-ethyl adjacent to an activating group) is 1. The summed E-state index contributed by atoms with van der Waals surface area (Å²) in [5.74, 6) is 0.0432. The monoisotopic (exact) mass is 255 g/mol. The molecule has 0 radical (unpaired) electrons. The van der Waals surface area contributed by atoms with E-state index in [1.165, 1.54) is 6.42 Å². The average Bonchev–Trinajstić information content (AvgIpc) is 2.39. The summed E-state index contributed by atoms with van der Waals surface area (Å²) in [6, 6.07) is -0.644. The van der Waals surface area contributed by atoms with E-state index in [4.69, 9.17) is 0 Å². The quantitative estimate of drug-likeness (QED) is 0.752. The summed E-state index contributed by atoms with van der Waals surface area (Å²) in [7, 11) is 0. The van der Waals surface area contributed by atoms with Gasteiger partial charge in [0, 0.05) is 19.6 Å². The number of amides is 2. The SMILES string of the molecule is CCNC(=O)C(C)NC(C)C(=O)N1CCCCC1. The first-order valence-electron chi connectivity index (χ1n) is 6.88. The lowest BCUT2D eigenvalue weighted by Gasteiger charge is -2.30. The standard InChI is InChI=1S/C13H25N3O2/c1-4-14-12(17)10(2)15-11(3)13(18)16-8-6-5-7-9-16/h10-11,15H,4-9H2,1-3H3,(H,14,17). The number of nitrogens with zero attached hydrogens (tertiary/aromatic N) is 1. The predicted molar refractivity (Wildman–Crippen MR) is 71.2 cm³/mol. The van der Waals surface area contributed by atoms with Gasteiger partial charge in [-0.3, -0.25) is 14.9 Å². The van der Waals surface area contributed by atoms with Crippen LogP contribution in [0.5, 0.6) is 0 Å². The molecule has 1 fully saturated rings. The number of hydrogen-bond acceptors (Lipinski definition) is 3. The van der Waals surface area contributed by atoms with Crippen molar-refractivity contribution in [1.29, 1.82) is 0 Å². The van der Waals surface area contributed by atoms with Crippen molar-refractivity contribution in [3.63, 3.8) is 0 Å². The number of likely N-dealkylation sites (tertiary alicyclic amines) is 1. The van der Waals surface area contributed by atoms with Crippen molar-refractivity contribution in [2.45, 2.75) is 52.1 Å². The molecule has 0 aromatic rings. The molecule has 1 aliphatic heterocycles. The Hall–Kier alpha value is -1.10. The van der Waals surface area contributed by atoms with Crippen LogP contribution in [0, 0.1) is 0 Å². The third-order valence-corrected chi connectivity index (χ3v) is 3.28. The molecule has 0 bridgehead atoms. The summed E-state index contributed by atoms with van der Waals surface area (Å²) in [6.45, 7) is 7.80. The zero-order valence-corrected chi connectivity index (χ0v) is 11.7. The van der Waals surface area contributed by atoms with Crippen LogP contribution in [0.1, 0.15) is 40.0 Å². The highest BCUT2D eigenvalue weighted by Crippen LogP contribution is 2.10. The summed E-state index contributed by atoms with van der Waals surface area (Å²) >= 11 is 0. The molecule has 104 valence electrons. The second kappa shape index (κ2) is 7.36. The Morgan fingerprint density at radius 2 is 1.72 bits per heavy atom. The molecule has 0 aromatic heterocycles. The Labute approximate surface area is 109 Å². The Kier molecular flexibility index (Phi) is 6.12. The molecule has 2 amide bonds. The molecule has 1 aliphatic rings. The number of hydrogen-bond donors (Lipinski definition) is 2. The molecular weight excluding hydrogens is 230 g/mol. The average molecular weight is 255 g/mol. The molecule has 0 aromatic carbocycles. The summed E-state index contributed by atoms with van der Waals surface area (Å²) in [6.07, 6.45) is 3.38. The van der Waals surface area contributed by atoms with Crippen molar-refractivity contribution in [2.75, 3.05) is 19.6 Å². The van der Waals surface area contributed by atoms with E-state index in [0.29, 0.717) is 6.54 Å². The summed E-state index contributed by atoms with van der Waals surface area (Å²) in [5.41, 5.74) is 0. The van der Waals surface area contributed by atoms with Crippen molar-refractivity contribution >= 4 is 11.8 Å². The molecule has 2 N–H and O–H groups in total. The van der Waals surface area contributed by atoms with Crippen LogP contribution in [-0.4, -0.2) is 48.4 Å². The smallest absolute Gasteiger partial charge is 0.239 e. The van der Waals surface area contributed by atoms with E-state index in [0.717, 1.165) is 25.9 Å². The highest BCUT2D eigenvalue weighted by molar-refractivity contribution is 5.84. The first kappa shape index (κ1) is 15.0. The second-order valence-corrected chi connectivity index (χ2v) is 4.89. The van der Waals surface area contributed by atoms with Gasteiger partial charge in [-0.25, -0.2) is 0 Å².